The van der Waals surface area contributed by atoms with Gasteiger partial charge >= 0.3 is 0 Å². The molecule has 0 fully saturated rings. The van der Waals surface area contributed by atoms with Crippen molar-refractivity contribution < 1.29 is 9.72 Å². The fourth-order valence-electron chi connectivity index (χ4n) is 2.46. The Hall–Kier alpha value is -3.13. The number of nitro groups is 1. The third-order valence-corrected chi connectivity index (χ3v) is 4.94. The van der Waals surface area contributed by atoms with Gasteiger partial charge in [0.1, 0.15) is 10.7 Å². The van der Waals surface area contributed by atoms with Crippen molar-refractivity contribution in [2.24, 2.45) is 0 Å². The summed E-state index contributed by atoms with van der Waals surface area (Å²) in [5.74, 6) is -0.248. The number of hydrogen-bond donors (Lipinski definition) is 0. The first-order chi connectivity index (χ1) is 12.5. The first-order valence-corrected chi connectivity index (χ1v) is 8.74. The molecule has 0 unspecified atom stereocenters. The van der Waals surface area contributed by atoms with E-state index in [2.05, 4.69) is 9.97 Å². The average Bonchev–Trinajstić information content (AvgIpc) is 3.17. The van der Waals surface area contributed by atoms with Gasteiger partial charge in [-0.1, -0.05) is 18.2 Å². The summed E-state index contributed by atoms with van der Waals surface area (Å²) in [5, 5.41) is 13.3. The van der Waals surface area contributed by atoms with E-state index in [1.54, 1.807) is 30.8 Å². The number of rotatable bonds is 5. The molecule has 1 amide bonds. The molecule has 0 N–H and O–H groups in total. The SMILES string of the molecule is C[C@@H](c1cccc([N+](=O)[O-])c1)N(C)C(=O)c1csc(-c2ccccn2)n1. The molecule has 0 spiro atoms. The number of nitro benzene ring substituents is 1. The minimum atomic E-state index is -0.447. The summed E-state index contributed by atoms with van der Waals surface area (Å²) in [6, 6.07) is 11.5. The second kappa shape index (κ2) is 7.40. The molecule has 8 heteroatoms. The fourth-order valence-corrected chi connectivity index (χ4v) is 3.23. The number of carbonyl (C=O) groups is 1. The summed E-state index contributed by atoms with van der Waals surface area (Å²) in [4.78, 5) is 33.4. The highest BCUT2D eigenvalue weighted by molar-refractivity contribution is 7.13. The maximum atomic E-state index is 12.7. The van der Waals surface area contributed by atoms with Crippen molar-refractivity contribution in [2.75, 3.05) is 7.05 Å². The molecule has 7 nitrogen and oxygen atoms in total. The highest BCUT2D eigenvalue weighted by atomic mass is 32.1. The molecular formula is C18H16N4O3S. The zero-order valence-corrected chi connectivity index (χ0v) is 15.0. The van der Waals surface area contributed by atoms with E-state index >= 15 is 0 Å². The van der Waals surface area contributed by atoms with E-state index in [9.17, 15) is 14.9 Å². The number of carbonyl (C=O) groups excluding carboxylic acids is 1. The van der Waals surface area contributed by atoms with Crippen LogP contribution in [-0.4, -0.2) is 32.7 Å². The first-order valence-electron chi connectivity index (χ1n) is 7.86. The van der Waals surface area contributed by atoms with Crippen LogP contribution in [0.15, 0.2) is 54.0 Å². The molecule has 0 saturated carbocycles. The van der Waals surface area contributed by atoms with Crippen molar-refractivity contribution in [3.63, 3.8) is 0 Å². The molecule has 26 heavy (non-hydrogen) atoms. The largest absolute Gasteiger partial charge is 0.334 e. The molecule has 0 saturated heterocycles. The Morgan fingerprint density at radius 3 is 2.77 bits per heavy atom. The standard InChI is InChI=1S/C18H16N4O3S/c1-12(13-6-5-7-14(10-13)22(24)25)21(2)18(23)16-11-26-17(20-16)15-8-3-4-9-19-15/h3-12H,1-2H3/t12-/m0/s1. The van der Waals surface area contributed by atoms with Crippen molar-refractivity contribution >= 4 is 22.9 Å². The Bertz CT molecular complexity index is 942. The van der Waals surface area contributed by atoms with Gasteiger partial charge in [0, 0.05) is 30.8 Å². The monoisotopic (exact) mass is 368 g/mol. The first kappa shape index (κ1) is 17.7. The number of aromatic nitrogens is 2. The van der Waals surface area contributed by atoms with Crippen LogP contribution in [0.5, 0.6) is 0 Å². The van der Waals surface area contributed by atoms with E-state index in [4.69, 9.17) is 0 Å². The Morgan fingerprint density at radius 1 is 1.27 bits per heavy atom. The van der Waals surface area contributed by atoms with Crippen molar-refractivity contribution in [3.05, 3.63) is 75.4 Å². The van der Waals surface area contributed by atoms with E-state index in [1.165, 1.54) is 28.4 Å². The minimum Gasteiger partial charge on any atom is -0.334 e. The topological polar surface area (TPSA) is 89.2 Å². The Labute approximate surface area is 154 Å². The van der Waals surface area contributed by atoms with Gasteiger partial charge in [-0.05, 0) is 24.6 Å². The molecule has 132 valence electrons. The molecule has 3 aromatic rings. The van der Waals surface area contributed by atoms with Gasteiger partial charge in [0.05, 0.1) is 16.7 Å². The second-order valence-corrected chi connectivity index (χ2v) is 6.56. The molecule has 3 rings (SSSR count). The maximum absolute atomic E-state index is 12.7. The molecule has 0 bridgehead atoms. The van der Waals surface area contributed by atoms with Crippen molar-refractivity contribution in [1.82, 2.24) is 14.9 Å². The summed E-state index contributed by atoms with van der Waals surface area (Å²) in [6.07, 6.45) is 1.68. The summed E-state index contributed by atoms with van der Waals surface area (Å²) < 4.78 is 0. The van der Waals surface area contributed by atoms with Crippen LogP contribution >= 0.6 is 11.3 Å². The maximum Gasteiger partial charge on any atom is 0.273 e. The number of hydrogen-bond acceptors (Lipinski definition) is 6. The van der Waals surface area contributed by atoms with E-state index in [0.29, 0.717) is 22.0 Å². The van der Waals surface area contributed by atoms with Gasteiger partial charge in [-0.15, -0.1) is 11.3 Å². The predicted molar refractivity (Wildman–Crippen MR) is 98.9 cm³/mol. The molecule has 0 aliphatic heterocycles. The van der Waals surface area contributed by atoms with E-state index in [0.717, 1.165) is 0 Å². The summed E-state index contributed by atoms with van der Waals surface area (Å²) in [7, 11) is 1.66. The van der Waals surface area contributed by atoms with Crippen LogP contribution in [0.2, 0.25) is 0 Å². The third-order valence-electron chi connectivity index (χ3n) is 4.07. The molecule has 0 aliphatic carbocycles. The smallest absolute Gasteiger partial charge is 0.273 e. The fraction of sp³-hybridized carbons (Fsp3) is 0.167. The molecule has 0 radical (unpaired) electrons. The summed E-state index contributed by atoms with van der Waals surface area (Å²) >= 11 is 1.35. The van der Waals surface area contributed by atoms with Crippen LogP contribution in [0.4, 0.5) is 5.69 Å². The average molecular weight is 368 g/mol. The quantitative estimate of drug-likeness (QED) is 0.502. The summed E-state index contributed by atoms with van der Waals surface area (Å²) in [6.45, 7) is 1.82. The zero-order valence-electron chi connectivity index (χ0n) is 14.2. The lowest BCUT2D eigenvalue weighted by Gasteiger charge is -2.24. The van der Waals surface area contributed by atoms with Crippen LogP contribution < -0.4 is 0 Å². The van der Waals surface area contributed by atoms with Gasteiger partial charge in [0.25, 0.3) is 11.6 Å². The van der Waals surface area contributed by atoms with Crippen LogP contribution in [0, 0.1) is 10.1 Å². The van der Waals surface area contributed by atoms with Crippen molar-refractivity contribution in [3.8, 4) is 10.7 Å². The number of non-ortho nitro benzene ring substituents is 1. The van der Waals surface area contributed by atoms with Crippen LogP contribution in [0.25, 0.3) is 10.7 Å². The number of pyridine rings is 1. The Balaban J connectivity index is 1.80. The zero-order chi connectivity index (χ0) is 18.7. The summed E-state index contributed by atoms with van der Waals surface area (Å²) in [5.41, 5.74) is 1.73. The van der Waals surface area contributed by atoms with Crippen LogP contribution in [0.3, 0.4) is 0 Å². The van der Waals surface area contributed by atoms with Crippen molar-refractivity contribution in [2.45, 2.75) is 13.0 Å². The van der Waals surface area contributed by atoms with Crippen LogP contribution in [0.1, 0.15) is 29.0 Å². The predicted octanol–water partition coefficient (Wildman–Crippen LogP) is 3.95. The Kier molecular flexibility index (Phi) is 5.04. The molecular weight excluding hydrogens is 352 g/mol. The molecule has 1 atom stereocenters. The highest BCUT2D eigenvalue weighted by Crippen LogP contribution is 2.26. The Morgan fingerprint density at radius 2 is 2.08 bits per heavy atom. The van der Waals surface area contributed by atoms with Crippen molar-refractivity contribution in [1.29, 1.82) is 0 Å². The molecule has 2 aromatic heterocycles. The second-order valence-electron chi connectivity index (χ2n) is 5.70. The minimum absolute atomic E-state index is 0.00120. The normalized spacial score (nSPS) is 11.8. The third kappa shape index (κ3) is 3.60. The number of amides is 1. The van der Waals surface area contributed by atoms with E-state index in [1.807, 2.05) is 25.1 Å². The molecule has 1 aromatic carbocycles. The number of benzene rings is 1. The number of nitrogens with zero attached hydrogens (tertiary/aromatic N) is 4. The number of thiazole rings is 1. The van der Waals surface area contributed by atoms with Gasteiger partial charge in [-0.25, -0.2) is 4.98 Å². The van der Waals surface area contributed by atoms with Gasteiger partial charge in [0.15, 0.2) is 0 Å². The van der Waals surface area contributed by atoms with Gasteiger partial charge in [-0.2, -0.15) is 0 Å². The highest BCUT2D eigenvalue weighted by Gasteiger charge is 2.22. The van der Waals surface area contributed by atoms with Gasteiger partial charge in [0.2, 0.25) is 0 Å². The van der Waals surface area contributed by atoms with Gasteiger partial charge in [-0.3, -0.25) is 19.9 Å². The molecule has 2 heterocycles. The van der Waals surface area contributed by atoms with Gasteiger partial charge < -0.3 is 4.90 Å². The van der Waals surface area contributed by atoms with E-state index < -0.39 is 4.92 Å². The lowest BCUT2D eigenvalue weighted by atomic mass is 10.1. The van der Waals surface area contributed by atoms with E-state index in [-0.39, 0.29) is 17.6 Å². The lowest BCUT2D eigenvalue weighted by Crippen LogP contribution is -2.29. The van der Waals surface area contributed by atoms with Crippen LogP contribution in [-0.2, 0) is 0 Å². The lowest BCUT2D eigenvalue weighted by molar-refractivity contribution is -0.384. The molecule has 0 aliphatic rings.